The number of halogens is 2. The molecule has 0 amide bonds. The zero-order chi connectivity index (χ0) is 13.3. The van der Waals surface area contributed by atoms with Gasteiger partial charge in [0.05, 0.1) is 6.42 Å². The molecule has 0 aromatic carbocycles. The van der Waals surface area contributed by atoms with E-state index in [0.717, 1.165) is 18.8 Å². The first-order valence-corrected chi connectivity index (χ1v) is 6.71. The molecule has 1 N–H and O–H groups in total. The molecule has 0 aromatic rings. The molecule has 4 unspecified atom stereocenters. The van der Waals surface area contributed by atoms with Gasteiger partial charge in [-0.25, -0.2) is 4.79 Å². The molecule has 2 aliphatic rings. The fourth-order valence-corrected chi connectivity index (χ4v) is 3.01. The summed E-state index contributed by atoms with van der Waals surface area (Å²) < 4.78 is 30.6. The molecule has 18 heavy (non-hydrogen) atoms. The van der Waals surface area contributed by atoms with Crippen molar-refractivity contribution in [2.45, 2.75) is 57.6 Å². The Kier molecular flexibility index (Phi) is 3.90. The van der Waals surface area contributed by atoms with Gasteiger partial charge in [0.25, 0.3) is 0 Å². The Morgan fingerprint density at radius 1 is 1.39 bits per heavy atom. The van der Waals surface area contributed by atoms with Crippen LogP contribution in [0.5, 0.6) is 0 Å². The highest BCUT2D eigenvalue weighted by atomic mass is 19.3. The molecule has 4 atom stereocenters. The molecule has 1 aliphatic carbocycles. The van der Waals surface area contributed by atoms with Crippen LogP contribution in [0.4, 0.5) is 8.78 Å². The number of rotatable bonds is 3. The van der Waals surface area contributed by atoms with Crippen LogP contribution in [0.2, 0.25) is 0 Å². The van der Waals surface area contributed by atoms with Crippen LogP contribution >= 0.6 is 0 Å². The minimum atomic E-state index is -3.29. The predicted molar refractivity (Wildman–Crippen MR) is 63.4 cm³/mol. The number of hydrogen-bond donors (Lipinski definition) is 1. The fraction of sp³-hybridized carbons (Fsp3) is 0.923. The summed E-state index contributed by atoms with van der Waals surface area (Å²) in [6.45, 7) is 4.76. The van der Waals surface area contributed by atoms with Crippen molar-refractivity contribution in [3.63, 3.8) is 0 Å². The van der Waals surface area contributed by atoms with Crippen molar-refractivity contribution in [2.75, 3.05) is 6.54 Å². The van der Waals surface area contributed by atoms with E-state index in [1.54, 1.807) is 0 Å². The first-order chi connectivity index (χ1) is 8.38. The van der Waals surface area contributed by atoms with E-state index >= 15 is 0 Å². The van der Waals surface area contributed by atoms with E-state index in [4.69, 9.17) is 0 Å². The van der Waals surface area contributed by atoms with E-state index < -0.39 is 24.4 Å². The second-order valence-corrected chi connectivity index (χ2v) is 5.85. The minimum Gasteiger partial charge on any atom is -0.456 e. The highest BCUT2D eigenvalue weighted by molar-refractivity contribution is 5.79. The van der Waals surface area contributed by atoms with Crippen LogP contribution in [-0.2, 0) is 9.53 Å². The van der Waals surface area contributed by atoms with Crippen molar-refractivity contribution in [2.24, 2.45) is 11.8 Å². The van der Waals surface area contributed by atoms with Crippen LogP contribution in [0.25, 0.3) is 0 Å². The van der Waals surface area contributed by atoms with Gasteiger partial charge in [0.1, 0.15) is 6.10 Å². The van der Waals surface area contributed by atoms with Gasteiger partial charge in [-0.2, -0.15) is 8.78 Å². The van der Waals surface area contributed by atoms with Gasteiger partial charge < -0.3 is 10.1 Å². The maximum atomic E-state index is 13.0. The second-order valence-electron chi connectivity index (χ2n) is 5.85. The molecule has 1 saturated heterocycles. The van der Waals surface area contributed by atoms with Crippen LogP contribution in [0.3, 0.4) is 0 Å². The Morgan fingerprint density at radius 2 is 2.11 bits per heavy atom. The predicted octanol–water partition coefficient (Wildman–Crippen LogP) is 2.35. The quantitative estimate of drug-likeness (QED) is 0.793. The standard InChI is InChI=1S/C13H21F2NO2/c1-8-3-4-11(9(2)5-8)16-7-10-6-13(14,15)12(17)18-10/h8-11,16H,3-7H2,1-2H3. The molecular formula is C13H21F2NO2. The monoisotopic (exact) mass is 261 g/mol. The second kappa shape index (κ2) is 5.11. The van der Waals surface area contributed by atoms with Crippen LogP contribution in [0, 0.1) is 11.8 Å². The Labute approximate surface area is 106 Å². The van der Waals surface area contributed by atoms with Crippen molar-refractivity contribution >= 4 is 5.97 Å². The zero-order valence-corrected chi connectivity index (χ0v) is 10.9. The molecule has 104 valence electrons. The lowest BCUT2D eigenvalue weighted by molar-refractivity contribution is -0.159. The van der Waals surface area contributed by atoms with Gasteiger partial charge in [-0.15, -0.1) is 0 Å². The zero-order valence-electron chi connectivity index (χ0n) is 10.9. The molecule has 1 saturated carbocycles. The average molecular weight is 261 g/mol. The van der Waals surface area contributed by atoms with Crippen LogP contribution < -0.4 is 5.32 Å². The number of carbonyl (C=O) groups excluding carboxylic acids is 1. The number of hydrogen-bond acceptors (Lipinski definition) is 3. The van der Waals surface area contributed by atoms with Crippen molar-refractivity contribution in [1.29, 1.82) is 0 Å². The van der Waals surface area contributed by atoms with Crippen molar-refractivity contribution in [1.82, 2.24) is 5.32 Å². The number of cyclic esters (lactones) is 1. The van der Waals surface area contributed by atoms with Gasteiger partial charge in [0.2, 0.25) is 0 Å². The van der Waals surface area contributed by atoms with E-state index in [2.05, 4.69) is 23.9 Å². The normalized spacial score (nSPS) is 39.7. The summed E-state index contributed by atoms with van der Waals surface area (Å²) in [5, 5.41) is 3.28. The summed E-state index contributed by atoms with van der Waals surface area (Å²) in [6.07, 6.45) is 2.23. The van der Waals surface area contributed by atoms with Crippen LogP contribution in [0.15, 0.2) is 0 Å². The van der Waals surface area contributed by atoms with Gasteiger partial charge in [-0.05, 0) is 31.1 Å². The highest BCUT2D eigenvalue weighted by Crippen LogP contribution is 2.32. The largest absolute Gasteiger partial charge is 0.456 e. The molecule has 1 heterocycles. The Balaban J connectivity index is 1.77. The molecule has 3 nitrogen and oxygen atoms in total. The third-order valence-electron chi connectivity index (χ3n) is 4.10. The number of ether oxygens (including phenoxy) is 1. The summed E-state index contributed by atoms with van der Waals surface area (Å²) in [5.74, 6) is -3.38. The van der Waals surface area contributed by atoms with Gasteiger partial charge in [-0.1, -0.05) is 13.8 Å². The van der Waals surface area contributed by atoms with E-state index in [9.17, 15) is 13.6 Å². The third-order valence-corrected chi connectivity index (χ3v) is 4.10. The molecule has 0 aromatic heterocycles. The summed E-state index contributed by atoms with van der Waals surface area (Å²) in [5.41, 5.74) is 0. The van der Waals surface area contributed by atoms with Gasteiger partial charge in [0, 0.05) is 12.6 Å². The molecule has 0 bridgehead atoms. The van der Waals surface area contributed by atoms with Gasteiger partial charge in [-0.3, -0.25) is 0 Å². The SMILES string of the molecule is CC1CCC(NCC2CC(F)(F)C(=O)O2)C(C)C1. The molecule has 0 radical (unpaired) electrons. The van der Waals surface area contributed by atoms with Gasteiger partial charge in [0.15, 0.2) is 0 Å². The van der Waals surface area contributed by atoms with Gasteiger partial charge >= 0.3 is 11.9 Å². The van der Waals surface area contributed by atoms with E-state index in [1.807, 2.05) is 0 Å². The summed E-state index contributed by atoms with van der Waals surface area (Å²) in [7, 11) is 0. The Morgan fingerprint density at radius 3 is 2.67 bits per heavy atom. The molecule has 0 spiro atoms. The van der Waals surface area contributed by atoms with E-state index in [1.165, 1.54) is 6.42 Å². The Hall–Kier alpha value is -0.710. The number of alkyl halides is 2. The first-order valence-electron chi connectivity index (χ1n) is 6.71. The van der Waals surface area contributed by atoms with E-state index in [-0.39, 0.29) is 0 Å². The van der Waals surface area contributed by atoms with E-state index in [0.29, 0.717) is 18.5 Å². The number of carbonyl (C=O) groups is 1. The molecule has 2 fully saturated rings. The number of esters is 1. The topological polar surface area (TPSA) is 38.3 Å². The lowest BCUT2D eigenvalue weighted by atomic mass is 9.80. The molecule has 1 aliphatic heterocycles. The fourth-order valence-electron chi connectivity index (χ4n) is 3.01. The van der Waals surface area contributed by atoms with Crippen molar-refractivity contribution in [3.05, 3.63) is 0 Å². The van der Waals surface area contributed by atoms with Crippen LogP contribution in [-0.4, -0.2) is 30.6 Å². The third kappa shape index (κ3) is 2.99. The number of nitrogens with one attached hydrogen (secondary N) is 1. The lowest BCUT2D eigenvalue weighted by Gasteiger charge is -2.33. The molecule has 5 heteroatoms. The van der Waals surface area contributed by atoms with Crippen LogP contribution in [0.1, 0.15) is 39.5 Å². The molecular weight excluding hydrogens is 240 g/mol. The molecule has 2 rings (SSSR count). The van der Waals surface area contributed by atoms with Crippen molar-refractivity contribution in [3.8, 4) is 0 Å². The maximum absolute atomic E-state index is 13.0. The summed E-state index contributed by atoms with van der Waals surface area (Å²) in [4.78, 5) is 10.9. The van der Waals surface area contributed by atoms with Crippen molar-refractivity contribution < 1.29 is 18.3 Å². The summed E-state index contributed by atoms with van der Waals surface area (Å²) in [6, 6.07) is 0.356. The maximum Gasteiger partial charge on any atom is 0.377 e. The first kappa shape index (κ1) is 13.7. The minimum absolute atomic E-state index is 0.338. The average Bonchev–Trinajstić information content (AvgIpc) is 2.51. The highest BCUT2D eigenvalue weighted by Gasteiger charge is 2.50. The smallest absolute Gasteiger partial charge is 0.377 e. The Bertz CT molecular complexity index is 322. The lowest BCUT2D eigenvalue weighted by Crippen LogP contribution is -2.42. The summed E-state index contributed by atoms with van der Waals surface area (Å²) >= 11 is 0.